The zero-order valence-electron chi connectivity index (χ0n) is 8.41. The molecule has 2 heteroatoms. The van der Waals surface area contributed by atoms with E-state index in [4.69, 9.17) is 0 Å². The van der Waals surface area contributed by atoms with E-state index in [-0.39, 0.29) is 0 Å². The number of hydrazone groups is 1. The standard InChI is InChI=1S/C10H18N2/c1-8(2)10-6-5-7-11-12(10)9(3)4/h6-9H,5H2,1-4H3. The van der Waals surface area contributed by atoms with Gasteiger partial charge in [0.05, 0.1) is 0 Å². The van der Waals surface area contributed by atoms with Crippen LogP contribution >= 0.6 is 0 Å². The fourth-order valence-corrected chi connectivity index (χ4v) is 1.40. The van der Waals surface area contributed by atoms with Crippen molar-refractivity contribution in [2.75, 3.05) is 0 Å². The number of allylic oxidation sites excluding steroid dienone is 2. The van der Waals surface area contributed by atoms with Gasteiger partial charge in [-0.05, 0) is 19.8 Å². The van der Waals surface area contributed by atoms with Crippen LogP contribution in [0.1, 0.15) is 34.1 Å². The maximum absolute atomic E-state index is 4.37. The van der Waals surface area contributed by atoms with Gasteiger partial charge >= 0.3 is 0 Å². The fourth-order valence-electron chi connectivity index (χ4n) is 1.40. The molecule has 0 aromatic carbocycles. The Balaban J connectivity index is 2.76. The van der Waals surface area contributed by atoms with Crippen molar-refractivity contribution in [1.82, 2.24) is 5.01 Å². The van der Waals surface area contributed by atoms with Crippen LogP contribution < -0.4 is 0 Å². The second-order valence-corrected chi connectivity index (χ2v) is 3.76. The highest BCUT2D eigenvalue weighted by molar-refractivity contribution is 5.60. The van der Waals surface area contributed by atoms with Crippen LogP contribution in [0.3, 0.4) is 0 Å². The van der Waals surface area contributed by atoms with Gasteiger partial charge in [-0.25, -0.2) is 0 Å². The summed E-state index contributed by atoms with van der Waals surface area (Å²) >= 11 is 0. The van der Waals surface area contributed by atoms with Crippen molar-refractivity contribution < 1.29 is 0 Å². The first kappa shape index (κ1) is 9.30. The lowest BCUT2D eigenvalue weighted by atomic mass is 10.1. The summed E-state index contributed by atoms with van der Waals surface area (Å²) in [7, 11) is 0. The van der Waals surface area contributed by atoms with E-state index in [1.165, 1.54) is 5.70 Å². The molecular formula is C10H18N2. The van der Waals surface area contributed by atoms with Crippen molar-refractivity contribution in [3.05, 3.63) is 11.8 Å². The lowest BCUT2D eigenvalue weighted by Crippen LogP contribution is -2.29. The molecule has 0 amide bonds. The molecule has 0 radical (unpaired) electrons. The van der Waals surface area contributed by atoms with Gasteiger partial charge in [-0.1, -0.05) is 19.9 Å². The van der Waals surface area contributed by atoms with Crippen molar-refractivity contribution in [3.8, 4) is 0 Å². The average molecular weight is 166 g/mol. The van der Waals surface area contributed by atoms with Crippen molar-refractivity contribution in [2.24, 2.45) is 11.0 Å². The molecular weight excluding hydrogens is 148 g/mol. The summed E-state index contributed by atoms with van der Waals surface area (Å²) in [6.45, 7) is 8.75. The fraction of sp³-hybridized carbons (Fsp3) is 0.700. The first-order valence-corrected chi connectivity index (χ1v) is 4.64. The Morgan fingerprint density at radius 3 is 2.42 bits per heavy atom. The molecule has 2 nitrogen and oxygen atoms in total. The smallest absolute Gasteiger partial charge is 0.0465 e. The van der Waals surface area contributed by atoms with Gasteiger partial charge in [0.25, 0.3) is 0 Å². The minimum absolute atomic E-state index is 0.468. The third-order valence-electron chi connectivity index (χ3n) is 1.98. The van der Waals surface area contributed by atoms with E-state index in [9.17, 15) is 0 Å². The third kappa shape index (κ3) is 1.87. The summed E-state index contributed by atoms with van der Waals surface area (Å²) in [5.74, 6) is 0.574. The van der Waals surface area contributed by atoms with Gasteiger partial charge in [0.15, 0.2) is 0 Å². The lowest BCUT2D eigenvalue weighted by molar-refractivity contribution is 0.267. The van der Waals surface area contributed by atoms with E-state index in [1.54, 1.807) is 0 Å². The van der Waals surface area contributed by atoms with Crippen LogP contribution in [0.25, 0.3) is 0 Å². The van der Waals surface area contributed by atoms with E-state index < -0.39 is 0 Å². The molecule has 68 valence electrons. The van der Waals surface area contributed by atoms with Crippen LogP contribution in [0.2, 0.25) is 0 Å². The van der Waals surface area contributed by atoms with Crippen molar-refractivity contribution >= 4 is 6.21 Å². The van der Waals surface area contributed by atoms with Gasteiger partial charge in [0, 0.05) is 24.4 Å². The first-order chi connectivity index (χ1) is 5.63. The van der Waals surface area contributed by atoms with E-state index in [0.717, 1.165) is 6.42 Å². The number of hydrogen-bond acceptors (Lipinski definition) is 2. The van der Waals surface area contributed by atoms with Gasteiger partial charge in [0.2, 0.25) is 0 Å². The predicted octanol–water partition coefficient (Wildman–Crippen LogP) is 2.63. The second-order valence-electron chi connectivity index (χ2n) is 3.76. The maximum Gasteiger partial charge on any atom is 0.0465 e. The maximum atomic E-state index is 4.37. The van der Waals surface area contributed by atoms with Crippen LogP contribution in [0.4, 0.5) is 0 Å². The van der Waals surface area contributed by atoms with Crippen molar-refractivity contribution in [2.45, 2.75) is 40.2 Å². The molecule has 0 aromatic rings. The highest BCUT2D eigenvalue weighted by Gasteiger charge is 2.16. The summed E-state index contributed by atoms with van der Waals surface area (Å²) in [6.07, 6.45) is 5.21. The predicted molar refractivity (Wildman–Crippen MR) is 53.0 cm³/mol. The molecule has 0 saturated carbocycles. The molecule has 1 rings (SSSR count). The van der Waals surface area contributed by atoms with E-state index in [0.29, 0.717) is 12.0 Å². The Morgan fingerprint density at radius 2 is 2.00 bits per heavy atom. The number of hydrogen-bond donors (Lipinski definition) is 0. The summed E-state index contributed by atoms with van der Waals surface area (Å²) in [6, 6.07) is 0.468. The molecule has 0 bridgehead atoms. The molecule has 0 aliphatic carbocycles. The van der Waals surface area contributed by atoms with E-state index in [1.807, 2.05) is 6.21 Å². The molecule has 0 aromatic heterocycles. The molecule has 1 aliphatic heterocycles. The van der Waals surface area contributed by atoms with Crippen LogP contribution in [0.5, 0.6) is 0 Å². The Kier molecular flexibility index (Phi) is 2.90. The molecule has 0 saturated heterocycles. The molecule has 0 spiro atoms. The average Bonchev–Trinajstić information content (AvgIpc) is 2.04. The quantitative estimate of drug-likeness (QED) is 0.615. The van der Waals surface area contributed by atoms with Gasteiger partial charge in [-0.15, -0.1) is 0 Å². The summed E-state index contributed by atoms with van der Waals surface area (Å²) in [4.78, 5) is 0. The van der Waals surface area contributed by atoms with Crippen LogP contribution in [0.15, 0.2) is 16.9 Å². The Labute approximate surface area is 75.0 Å². The first-order valence-electron chi connectivity index (χ1n) is 4.64. The molecule has 12 heavy (non-hydrogen) atoms. The van der Waals surface area contributed by atoms with E-state index >= 15 is 0 Å². The van der Waals surface area contributed by atoms with Gasteiger partial charge in [-0.3, -0.25) is 5.01 Å². The topological polar surface area (TPSA) is 15.6 Å². The third-order valence-corrected chi connectivity index (χ3v) is 1.98. The summed E-state index contributed by atoms with van der Waals surface area (Å²) in [5, 5.41) is 6.48. The van der Waals surface area contributed by atoms with Gasteiger partial charge in [-0.2, -0.15) is 5.10 Å². The van der Waals surface area contributed by atoms with Crippen molar-refractivity contribution in [1.29, 1.82) is 0 Å². The van der Waals surface area contributed by atoms with Crippen LogP contribution in [-0.2, 0) is 0 Å². The Bertz CT molecular complexity index is 202. The monoisotopic (exact) mass is 166 g/mol. The summed E-state index contributed by atoms with van der Waals surface area (Å²) < 4.78 is 0. The largest absolute Gasteiger partial charge is 0.268 e. The SMILES string of the molecule is CC(C)C1=CCC=NN1C(C)C. The van der Waals surface area contributed by atoms with Gasteiger partial charge in [0.1, 0.15) is 0 Å². The van der Waals surface area contributed by atoms with Gasteiger partial charge < -0.3 is 0 Å². The lowest BCUT2D eigenvalue weighted by Gasteiger charge is -2.30. The number of rotatable bonds is 2. The molecule has 0 fully saturated rings. The highest BCUT2D eigenvalue weighted by atomic mass is 15.5. The second kappa shape index (κ2) is 3.74. The molecule has 1 aliphatic rings. The summed E-state index contributed by atoms with van der Waals surface area (Å²) in [5.41, 5.74) is 1.35. The minimum Gasteiger partial charge on any atom is -0.268 e. The Morgan fingerprint density at radius 1 is 1.33 bits per heavy atom. The Hall–Kier alpha value is -0.790. The van der Waals surface area contributed by atoms with Crippen LogP contribution in [0, 0.1) is 5.92 Å². The molecule has 0 N–H and O–H groups in total. The van der Waals surface area contributed by atoms with Crippen LogP contribution in [-0.4, -0.2) is 17.3 Å². The van der Waals surface area contributed by atoms with E-state index in [2.05, 4.69) is 43.9 Å². The normalized spacial score (nSPS) is 17.5. The molecule has 1 heterocycles. The zero-order chi connectivity index (χ0) is 9.14. The highest BCUT2D eigenvalue weighted by Crippen LogP contribution is 2.21. The van der Waals surface area contributed by atoms with Crippen molar-refractivity contribution in [3.63, 3.8) is 0 Å². The molecule has 0 unspecified atom stereocenters. The zero-order valence-corrected chi connectivity index (χ0v) is 8.41. The number of nitrogens with zero attached hydrogens (tertiary/aromatic N) is 2. The minimum atomic E-state index is 0.468. The molecule has 0 atom stereocenters.